The molecule has 5 rings (SSSR count). The average Bonchev–Trinajstić information content (AvgIpc) is 3.41. The molecule has 0 aliphatic carbocycles. The monoisotopic (exact) mass is 365 g/mol. The molecule has 132 valence electrons. The summed E-state index contributed by atoms with van der Waals surface area (Å²) in [6.07, 6.45) is 2.07. The van der Waals surface area contributed by atoms with Crippen LogP contribution in [0.2, 0.25) is 0 Å². The number of rotatable bonds is 4. The van der Waals surface area contributed by atoms with E-state index >= 15 is 0 Å². The van der Waals surface area contributed by atoms with Gasteiger partial charge in [-0.25, -0.2) is 4.98 Å². The van der Waals surface area contributed by atoms with E-state index in [0.29, 0.717) is 11.8 Å². The fraction of sp³-hybridized carbons (Fsp3) is 0.316. The van der Waals surface area contributed by atoms with Gasteiger partial charge >= 0.3 is 0 Å². The second kappa shape index (κ2) is 6.66. The number of aromatic amines is 1. The Morgan fingerprint density at radius 2 is 2.04 bits per heavy atom. The van der Waals surface area contributed by atoms with Crippen molar-refractivity contribution in [2.75, 3.05) is 13.1 Å². The molecule has 1 aliphatic rings. The largest absolute Gasteiger partial charge is 0.420 e. The van der Waals surface area contributed by atoms with Crippen LogP contribution in [0, 0.1) is 0 Å². The minimum atomic E-state index is 0.349. The van der Waals surface area contributed by atoms with E-state index in [1.54, 1.807) is 11.3 Å². The van der Waals surface area contributed by atoms with Gasteiger partial charge in [-0.1, -0.05) is 12.1 Å². The lowest BCUT2D eigenvalue weighted by Crippen LogP contribution is -2.32. The highest BCUT2D eigenvalue weighted by atomic mass is 32.1. The molecule has 1 saturated heterocycles. The summed E-state index contributed by atoms with van der Waals surface area (Å²) in [6, 6.07) is 10.2. The van der Waals surface area contributed by atoms with Crippen LogP contribution in [0.3, 0.4) is 0 Å². The maximum absolute atomic E-state index is 5.91. The van der Waals surface area contributed by atoms with Crippen LogP contribution in [0.1, 0.15) is 30.5 Å². The summed E-state index contributed by atoms with van der Waals surface area (Å²) < 4.78 is 5.91. The Bertz CT molecular complexity index is 965. The number of likely N-dealkylation sites (tertiary alicyclic amines) is 1. The first kappa shape index (κ1) is 15.7. The number of hydrogen-bond donors (Lipinski definition) is 1. The smallest absolute Gasteiger partial charge is 0.248 e. The summed E-state index contributed by atoms with van der Waals surface area (Å²) >= 11 is 1.64. The zero-order chi connectivity index (χ0) is 17.3. The Morgan fingerprint density at radius 1 is 1.15 bits per heavy atom. The van der Waals surface area contributed by atoms with Crippen LogP contribution in [0.25, 0.3) is 22.5 Å². The molecule has 0 atom stereocenters. The number of nitrogens with zero attached hydrogens (tertiary/aromatic N) is 4. The molecule has 4 aromatic rings. The summed E-state index contributed by atoms with van der Waals surface area (Å²) in [5, 5.41) is 12.5. The highest BCUT2D eigenvalue weighted by molar-refractivity contribution is 7.08. The van der Waals surface area contributed by atoms with E-state index in [1.165, 1.54) is 0 Å². The number of thiophene rings is 1. The molecule has 3 aromatic heterocycles. The average molecular weight is 365 g/mol. The van der Waals surface area contributed by atoms with Gasteiger partial charge in [0.15, 0.2) is 0 Å². The Kier molecular flexibility index (Phi) is 4.03. The minimum absolute atomic E-state index is 0.349. The molecule has 0 spiro atoms. The van der Waals surface area contributed by atoms with Gasteiger partial charge in [-0.2, -0.15) is 11.3 Å². The van der Waals surface area contributed by atoms with E-state index in [1.807, 2.05) is 35.0 Å². The third-order valence-electron chi connectivity index (χ3n) is 4.96. The van der Waals surface area contributed by atoms with Crippen LogP contribution < -0.4 is 0 Å². The first-order valence-corrected chi connectivity index (χ1v) is 9.81. The van der Waals surface area contributed by atoms with Crippen LogP contribution in [-0.2, 0) is 6.54 Å². The number of aromatic nitrogens is 4. The van der Waals surface area contributed by atoms with Gasteiger partial charge in [0.2, 0.25) is 11.8 Å². The molecule has 6 nitrogen and oxygen atoms in total. The van der Waals surface area contributed by atoms with E-state index in [2.05, 4.69) is 31.1 Å². The molecule has 0 saturated carbocycles. The van der Waals surface area contributed by atoms with Crippen LogP contribution in [0.4, 0.5) is 0 Å². The van der Waals surface area contributed by atoms with Crippen molar-refractivity contribution in [1.82, 2.24) is 25.1 Å². The van der Waals surface area contributed by atoms with Gasteiger partial charge in [-0.05, 0) is 49.5 Å². The first-order chi connectivity index (χ1) is 12.8. The fourth-order valence-electron chi connectivity index (χ4n) is 3.53. The highest BCUT2D eigenvalue weighted by Gasteiger charge is 2.25. The Balaban J connectivity index is 1.22. The van der Waals surface area contributed by atoms with E-state index in [4.69, 9.17) is 4.42 Å². The van der Waals surface area contributed by atoms with E-state index in [-0.39, 0.29) is 0 Å². The third-order valence-corrected chi connectivity index (χ3v) is 5.64. The van der Waals surface area contributed by atoms with Gasteiger partial charge < -0.3 is 9.40 Å². The molecule has 1 fully saturated rings. The van der Waals surface area contributed by atoms with Crippen molar-refractivity contribution >= 4 is 22.4 Å². The predicted octanol–water partition coefficient (Wildman–Crippen LogP) is 4.05. The molecule has 26 heavy (non-hydrogen) atoms. The molecule has 0 radical (unpaired) electrons. The van der Waals surface area contributed by atoms with Crippen molar-refractivity contribution < 1.29 is 4.42 Å². The molecule has 0 bridgehead atoms. The van der Waals surface area contributed by atoms with Crippen molar-refractivity contribution in [1.29, 1.82) is 0 Å². The second-order valence-electron chi connectivity index (χ2n) is 6.71. The Hall–Kier alpha value is -2.51. The van der Waals surface area contributed by atoms with Gasteiger partial charge in [-0.3, -0.25) is 4.90 Å². The predicted molar refractivity (Wildman–Crippen MR) is 101 cm³/mol. The Morgan fingerprint density at radius 3 is 2.85 bits per heavy atom. The second-order valence-corrected chi connectivity index (χ2v) is 7.49. The zero-order valence-electron chi connectivity index (χ0n) is 14.3. The molecule has 4 heterocycles. The number of benzene rings is 1. The molecule has 0 unspecified atom stereocenters. The van der Waals surface area contributed by atoms with E-state index in [9.17, 15) is 0 Å². The number of piperidine rings is 1. The molecule has 0 amide bonds. The number of H-pyrrole nitrogens is 1. The van der Waals surface area contributed by atoms with Gasteiger partial charge in [0.25, 0.3) is 0 Å². The van der Waals surface area contributed by atoms with Gasteiger partial charge in [-0.15, -0.1) is 10.2 Å². The van der Waals surface area contributed by atoms with E-state index in [0.717, 1.165) is 60.8 Å². The summed E-state index contributed by atoms with van der Waals surface area (Å²) in [5.41, 5.74) is 3.14. The maximum Gasteiger partial charge on any atom is 0.248 e. The van der Waals surface area contributed by atoms with E-state index < -0.39 is 0 Å². The highest BCUT2D eigenvalue weighted by Crippen LogP contribution is 2.30. The number of fused-ring (bicyclic) bond motifs is 1. The van der Waals surface area contributed by atoms with Gasteiger partial charge in [0.1, 0.15) is 5.82 Å². The lowest BCUT2D eigenvalue weighted by Gasteiger charge is -2.29. The SMILES string of the molecule is c1ccc2[nH]c(CN3CCC(c4nnc(-c5ccsc5)o4)CC3)nc2c1. The standard InChI is InChI=1S/C19H19N5OS/c1-2-4-16-15(3-1)20-17(21-16)11-24-8-5-13(6-9-24)18-22-23-19(25-18)14-7-10-26-12-14/h1-4,7,10,12-13H,5-6,8-9,11H2,(H,20,21). The van der Waals surface area contributed by atoms with Crippen molar-refractivity contribution in [3.8, 4) is 11.5 Å². The van der Waals surface area contributed by atoms with Gasteiger partial charge in [0.05, 0.1) is 17.6 Å². The van der Waals surface area contributed by atoms with Crippen molar-refractivity contribution in [3.63, 3.8) is 0 Å². The number of imidazole rings is 1. The topological polar surface area (TPSA) is 70.8 Å². The number of hydrogen-bond acceptors (Lipinski definition) is 6. The van der Waals surface area contributed by atoms with Crippen molar-refractivity contribution in [2.24, 2.45) is 0 Å². The lowest BCUT2D eigenvalue weighted by atomic mass is 9.97. The zero-order valence-corrected chi connectivity index (χ0v) is 15.1. The van der Waals surface area contributed by atoms with Crippen LogP contribution in [0.15, 0.2) is 45.5 Å². The van der Waals surface area contributed by atoms with Crippen LogP contribution in [-0.4, -0.2) is 38.2 Å². The Labute approximate surface area is 154 Å². The summed E-state index contributed by atoms with van der Waals surface area (Å²) in [4.78, 5) is 10.5. The van der Waals surface area contributed by atoms with Crippen LogP contribution >= 0.6 is 11.3 Å². The normalized spacial score (nSPS) is 16.5. The summed E-state index contributed by atoms with van der Waals surface area (Å²) in [7, 11) is 0. The fourth-order valence-corrected chi connectivity index (χ4v) is 4.16. The number of nitrogens with one attached hydrogen (secondary N) is 1. The molecule has 1 N–H and O–H groups in total. The first-order valence-electron chi connectivity index (χ1n) is 8.87. The molecular formula is C19H19N5OS. The quantitative estimate of drug-likeness (QED) is 0.591. The van der Waals surface area contributed by atoms with Gasteiger partial charge in [0, 0.05) is 16.9 Å². The summed E-state index contributed by atoms with van der Waals surface area (Å²) in [5.74, 6) is 2.78. The van der Waals surface area contributed by atoms with Crippen molar-refractivity contribution in [2.45, 2.75) is 25.3 Å². The van der Waals surface area contributed by atoms with Crippen molar-refractivity contribution in [3.05, 3.63) is 52.8 Å². The lowest BCUT2D eigenvalue weighted by molar-refractivity contribution is 0.190. The van der Waals surface area contributed by atoms with Crippen LogP contribution in [0.5, 0.6) is 0 Å². The minimum Gasteiger partial charge on any atom is -0.420 e. The third kappa shape index (κ3) is 3.04. The number of para-hydroxylation sites is 2. The molecule has 1 aromatic carbocycles. The molecular weight excluding hydrogens is 346 g/mol. The maximum atomic E-state index is 5.91. The molecule has 1 aliphatic heterocycles. The summed E-state index contributed by atoms with van der Waals surface area (Å²) in [6.45, 7) is 2.88. The molecule has 7 heteroatoms.